The molecule has 1 aliphatic rings. The van der Waals surface area contributed by atoms with Gasteiger partial charge in [0.15, 0.2) is 0 Å². The van der Waals surface area contributed by atoms with E-state index in [4.69, 9.17) is 4.74 Å². The average Bonchev–Trinajstić information content (AvgIpc) is 2.79. The van der Waals surface area contributed by atoms with Gasteiger partial charge in [0.1, 0.15) is 11.6 Å². The minimum absolute atomic E-state index is 0.0738. The first-order valence-corrected chi connectivity index (χ1v) is 11.7. The van der Waals surface area contributed by atoms with Gasteiger partial charge >= 0.3 is 0 Å². The van der Waals surface area contributed by atoms with Gasteiger partial charge in [0, 0.05) is 32.7 Å². The number of hydrogen-bond donors (Lipinski definition) is 1. The Kier molecular flexibility index (Phi) is 7.47. The number of ether oxygens (including phenoxy) is 1. The number of hydrogen-bond acceptors (Lipinski definition) is 5. The molecule has 8 nitrogen and oxygen atoms in total. The van der Waals surface area contributed by atoms with Gasteiger partial charge < -0.3 is 14.5 Å². The normalized spacial score (nSPS) is 14.3. The van der Waals surface area contributed by atoms with Crippen LogP contribution in [0.5, 0.6) is 5.75 Å². The molecule has 1 saturated heterocycles. The fraction of sp³-hybridized carbons (Fsp3) is 0.364. The lowest BCUT2D eigenvalue weighted by Gasteiger charge is -2.35. The first-order valence-electron chi connectivity index (χ1n) is 10.2. The number of carbonyl (C=O) groups is 2. The predicted octanol–water partition coefficient (Wildman–Crippen LogP) is 1.66. The standard InChI is InChI=1S/C22H26FN3O5S/c1-3-24-32(29,30)18-7-8-20(23)19(15-18)22(28)26-11-9-25(10-12-26)21(27)14-16-5-4-6-17(13-16)31-2/h4-8,13,15,24H,3,9-12,14H2,1-2H3. The quantitative estimate of drug-likeness (QED) is 0.674. The van der Waals surface area contributed by atoms with E-state index in [9.17, 15) is 22.4 Å². The molecule has 0 unspecified atom stereocenters. The lowest BCUT2D eigenvalue weighted by Crippen LogP contribution is -2.51. The summed E-state index contributed by atoms with van der Waals surface area (Å²) >= 11 is 0. The summed E-state index contributed by atoms with van der Waals surface area (Å²) in [4.78, 5) is 28.4. The van der Waals surface area contributed by atoms with Gasteiger partial charge in [-0.05, 0) is 35.9 Å². The molecule has 172 valence electrons. The van der Waals surface area contributed by atoms with Gasteiger partial charge in [0.25, 0.3) is 5.91 Å². The smallest absolute Gasteiger partial charge is 0.256 e. The van der Waals surface area contributed by atoms with Crippen molar-refractivity contribution in [3.8, 4) is 5.75 Å². The topological polar surface area (TPSA) is 96.0 Å². The van der Waals surface area contributed by atoms with Gasteiger partial charge in [0.2, 0.25) is 15.9 Å². The van der Waals surface area contributed by atoms with Gasteiger partial charge in [-0.25, -0.2) is 17.5 Å². The molecule has 0 saturated carbocycles. The minimum atomic E-state index is -3.82. The van der Waals surface area contributed by atoms with E-state index in [2.05, 4.69) is 4.72 Å². The van der Waals surface area contributed by atoms with E-state index in [1.165, 1.54) is 4.90 Å². The molecule has 0 aliphatic carbocycles. The number of halogens is 1. The number of amides is 2. The zero-order valence-corrected chi connectivity index (χ0v) is 18.8. The van der Waals surface area contributed by atoms with E-state index >= 15 is 0 Å². The summed E-state index contributed by atoms with van der Waals surface area (Å²) in [5, 5.41) is 0. The van der Waals surface area contributed by atoms with Crippen molar-refractivity contribution >= 4 is 21.8 Å². The Labute approximate surface area is 187 Å². The van der Waals surface area contributed by atoms with Gasteiger partial charge in [-0.2, -0.15) is 0 Å². The second-order valence-electron chi connectivity index (χ2n) is 7.34. The molecule has 0 atom stereocenters. The molecule has 32 heavy (non-hydrogen) atoms. The van der Waals surface area contributed by atoms with Gasteiger partial charge in [0.05, 0.1) is 24.0 Å². The van der Waals surface area contributed by atoms with E-state index in [-0.39, 0.29) is 42.4 Å². The highest BCUT2D eigenvalue weighted by Gasteiger charge is 2.27. The summed E-state index contributed by atoms with van der Waals surface area (Å²) in [6.45, 7) is 2.88. The van der Waals surface area contributed by atoms with Gasteiger partial charge in [-0.15, -0.1) is 0 Å². The average molecular weight is 464 g/mol. The van der Waals surface area contributed by atoms with Gasteiger partial charge in [-0.1, -0.05) is 19.1 Å². The third-order valence-electron chi connectivity index (χ3n) is 5.22. The van der Waals surface area contributed by atoms with Crippen molar-refractivity contribution in [2.45, 2.75) is 18.2 Å². The highest BCUT2D eigenvalue weighted by Crippen LogP contribution is 2.19. The zero-order valence-electron chi connectivity index (χ0n) is 18.0. The largest absolute Gasteiger partial charge is 0.497 e. The third-order valence-corrected chi connectivity index (χ3v) is 6.77. The molecular weight excluding hydrogens is 437 g/mol. The summed E-state index contributed by atoms with van der Waals surface area (Å²) < 4.78 is 46.2. The number of piperazine rings is 1. The zero-order chi connectivity index (χ0) is 23.3. The first kappa shape index (κ1) is 23.7. The molecular formula is C22H26FN3O5S. The van der Waals surface area contributed by atoms with Crippen LogP contribution in [0.1, 0.15) is 22.8 Å². The van der Waals surface area contributed by atoms with Crippen molar-refractivity contribution in [3.63, 3.8) is 0 Å². The fourth-order valence-electron chi connectivity index (χ4n) is 3.51. The molecule has 2 aromatic rings. The van der Waals surface area contributed by atoms with E-state index in [1.54, 1.807) is 31.1 Å². The van der Waals surface area contributed by atoms with Gasteiger partial charge in [-0.3, -0.25) is 9.59 Å². The SMILES string of the molecule is CCNS(=O)(=O)c1ccc(F)c(C(=O)N2CCN(C(=O)Cc3cccc(OC)c3)CC2)c1. The molecule has 10 heteroatoms. The molecule has 3 rings (SSSR count). The number of benzene rings is 2. The number of methoxy groups -OCH3 is 1. The lowest BCUT2D eigenvalue weighted by atomic mass is 10.1. The first-order chi connectivity index (χ1) is 15.2. The van der Waals surface area contributed by atoms with E-state index in [0.29, 0.717) is 18.8 Å². The van der Waals surface area contributed by atoms with Crippen molar-refractivity contribution in [1.29, 1.82) is 0 Å². The molecule has 0 spiro atoms. The maximum absolute atomic E-state index is 14.3. The Morgan fingerprint density at radius 1 is 1.06 bits per heavy atom. The molecule has 1 aliphatic heterocycles. The molecule has 1 heterocycles. The highest BCUT2D eigenvalue weighted by atomic mass is 32.2. The second-order valence-corrected chi connectivity index (χ2v) is 9.11. The van der Waals surface area contributed by atoms with Crippen LogP contribution in [0, 0.1) is 5.82 Å². The Hall–Kier alpha value is -2.98. The Balaban J connectivity index is 1.65. The molecule has 0 radical (unpaired) electrons. The number of nitrogens with one attached hydrogen (secondary N) is 1. The summed E-state index contributed by atoms with van der Waals surface area (Å²) in [5.74, 6) is -0.792. The predicted molar refractivity (Wildman–Crippen MR) is 116 cm³/mol. The Morgan fingerprint density at radius 3 is 2.41 bits per heavy atom. The molecule has 1 N–H and O–H groups in total. The van der Waals surface area contributed by atoms with Crippen LogP contribution in [0.15, 0.2) is 47.4 Å². The maximum atomic E-state index is 14.3. The lowest BCUT2D eigenvalue weighted by molar-refractivity contribution is -0.131. The summed E-state index contributed by atoms with van der Waals surface area (Å²) in [6.07, 6.45) is 0.212. The van der Waals surface area contributed by atoms with Crippen LogP contribution < -0.4 is 9.46 Å². The molecule has 1 fully saturated rings. The van der Waals surface area contributed by atoms with Crippen molar-refractivity contribution in [2.75, 3.05) is 39.8 Å². The van der Waals surface area contributed by atoms with Crippen LogP contribution >= 0.6 is 0 Å². The highest BCUT2D eigenvalue weighted by molar-refractivity contribution is 7.89. The van der Waals surface area contributed by atoms with Crippen LogP contribution in [0.25, 0.3) is 0 Å². The van der Waals surface area contributed by atoms with Crippen molar-refractivity contribution in [1.82, 2.24) is 14.5 Å². The number of nitrogens with zero attached hydrogens (tertiary/aromatic N) is 2. The fourth-order valence-corrected chi connectivity index (χ4v) is 4.57. The van der Waals surface area contributed by atoms with E-state index in [1.807, 2.05) is 12.1 Å². The third kappa shape index (κ3) is 5.43. The number of carbonyl (C=O) groups excluding carboxylic acids is 2. The maximum Gasteiger partial charge on any atom is 0.256 e. The number of rotatable bonds is 7. The van der Waals surface area contributed by atoms with Crippen LogP contribution in [-0.4, -0.2) is 69.9 Å². The van der Waals surface area contributed by atoms with Crippen molar-refractivity contribution in [2.24, 2.45) is 0 Å². The number of sulfonamides is 1. The summed E-state index contributed by atoms with van der Waals surface area (Å²) in [6, 6.07) is 10.4. The minimum Gasteiger partial charge on any atom is -0.497 e. The van der Waals surface area contributed by atoms with Crippen LogP contribution in [0.2, 0.25) is 0 Å². The molecule has 2 amide bonds. The van der Waals surface area contributed by atoms with Crippen molar-refractivity contribution < 1.29 is 27.1 Å². The molecule has 2 aromatic carbocycles. The van der Waals surface area contributed by atoms with Crippen LogP contribution in [0.3, 0.4) is 0 Å². The summed E-state index contributed by atoms with van der Waals surface area (Å²) in [5.41, 5.74) is 0.522. The Morgan fingerprint density at radius 2 is 1.75 bits per heavy atom. The molecule has 0 bridgehead atoms. The Bertz CT molecular complexity index is 1100. The second kappa shape index (κ2) is 10.1. The van der Waals surface area contributed by atoms with Crippen LogP contribution in [-0.2, 0) is 21.2 Å². The van der Waals surface area contributed by atoms with E-state index in [0.717, 1.165) is 23.8 Å². The summed E-state index contributed by atoms with van der Waals surface area (Å²) in [7, 11) is -2.26. The van der Waals surface area contributed by atoms with Crippen LogP contribution in [0.4, 0.5) is 4.39 Å². The van der Waals surface area contributed by atoms with Crippen molar-refractivity contribution in [3.05, 3.63) is 59.4 Å². The monoisotopic (exact) mass is 463 g/mol. The van der Waals surface area contributed by atoms with E-state index < -0.39 is 21.7 Å². The molecule has 0 aromatic heterocycles.